The number of likely N-dealkylation sites (tertiary alicyclic amines) is 1. The van der Waals surface area contributed by atoms with Crippen LogP contribution in [0.15, 0.2) is 10.5 Å². The molecule has 0 spiro atoms. The second-order valence-electron chi connectivity index (χ2n) is 4.96. The molecule has 0 aromatic carbocycles. The van der Waals surface area contributed by atoms with Crippen molar-refractivity contribution in [3.8, 4) is 0 Å². The lowest BCUT2D eigenvalue weighted by atomic mass is 9.97. The number of amides is 1. The van der Waals surface area contributed by atoms with Crippen LogP contribution in [0.4, 0.5) is 0 Å². The number of hydrogen-bond acceptors (Lipinski definition) is 4. The second-order valence-corrected chi connectivity index (χ2v) is 4.96. The normalized spacial score (nSPS) is 20.4. The van der Waals surface area contributed by atoms with Crippen molar-refractivity contribution >= 4 is 11.9 Å². The summed E-state index contributed by atoms with van der Waals surface area (Å²) in [5.74, 6) is -0.359. The van der Waals surface area contributed by atoms with Crippen LogP contribution in [-0.4, -0.2) is 35.0 Å². The van der Waals surface area contributed by atoms with Gasteiger partial charge in [-0.25, -0.2) is 4.79 Å². The Morgan fingerprint density at radius 3 is 2.89 bits per heavy atom. The molecular weight excluding hydrogens is 248 g/mol. The Labute approximate surface area is 111 Å². The van der Waals surface area contributed by atoms with E-state index in [-0.39, 0.29) is 17.4 Å². The highest BCUT2D eigenvalue weighted by molar-refractivity contribution is 5.88. The van der Waals surface area contributed by atoms with Gasteiger partial charge in [0.25, 0.3) is 0 Å². The third kappa shape index (κ3) is 3.14. The number of nitrogens with zero attached hydrogens (tertiary/aromatic N) is 1. The van der Waals surface area contributed by atoms with Crippen LogP contribution < -0.4 is 5.73 Å². The van der Waals surface area contributed by atoms with Gasteiger partial charge in [-0.1, -0.05) is 0 Å². The summed E-state index contributed by atoms with van der Waals surface area (Å²) < 4.78 is 5.44. The van der Waals surface area contributed by atoms with Crippen molar-refractivity contribution in [2.45, 2.75) is 26.3 Å². The molecule has 0 saturated carbocycles. The lowest BCUT2D eigenvalue weighted by Crippen LogP contribution is -2.40. The van der Waals surface area contributed by atoms with Crippen LogP contribution in [0.25, 0.3) is 0 Å². The fraction of sp³-hybridized carbons (Fsp3) is 0.538. The average molecular weight is 266 g/mol. The summed E-state index contributed by atoms with van der Waals surface area (Å²) in [6.07, 6.45) is 1.74. The van der Waals surface area contributed by atoms with Crippen molar-refractivity contribution in [3.05, 3.63) is 23.2 Å². The summed E-state index contributed by atoms with van der Waals surface area (Å²) in [5, 5.41) is 8.96. The molecule has 2 heterocycles. The predicted octanol–water partition coefficient (Wildman–Crippen LogP) is 0.984. The maximum absolute atomic E-state index is 11.2. The Balaban J connectivity index is 2.03. The van der Waals surface area contributed by atoms with Crippen molar-refractivity contribution in [1.29, 1.82) is 0 Å². The lowest BCUT2D eigenvalue weighted by molar-refractivity contribution is -0.123. The molecule has 2 rings (SSSR count). The molecule has 6 heteroatoms. The van der Waals surface area contributed by atoms with E-state index in [9.17, 15) is 9.59 Å². The molecule has 1 aliphatic rings. The SMILES string of the molecule is Cc1oc(CN2CCCC(C(N)=O)C2)cc1C(=O)O. The quantitative estimate of drug-likeness (QED) is 0.846. The number of nitrogens with two attached hydrogens (primary N) is 1. The van der Waals surface area contributed by atoms with E-state index >= 15 is 0 Å². The number of piperidine rings is 1. The minimum atomic E-state index is -0.985. The van der Waals surface area contributed by atoms with Gasteiger partial charge in [-0.2, -0.15) is 0 Å². The number of aryl methyl sites for hydroxylation is 1. The van der Waals surface area contributed by atoms with Gasteiger partial charge in [0.1, 0.15) is 17.1 Å². The Morgan fingerprint density at radius 2 is 2.32 bits per heavy atom. The molecule has 0 radical (unpaired) electrons. The monoisotopic (exact) mass is 266 g/mol. The molecule has 3 N–H and O–H groups in total. The Morgan fingerprint density at radius 1 is 1.58 bits per heavy atom. The standard InChI is InChI=1S/C13H18N2O4/c1-8-11(13(17)18)5-10(19-8)7-15-4-2-3-9(6-15)12(14)16/h5,9H,2-4,6-7H2,1H3,(H2,14,16)(H,17,18). The van der Waals surface area contributed by atoms with Crippen molar-refractivity contribution < 1.29 is 19.1 Å². The summed E-state index contributed by atoms with van der Waals surface area (Å²) in [6, 6.07) is 1.55. The molecule has 0 aliphatic carbocycles. The number of carboxylic acids is 1. The highest BCUT2D eigenvalue weighted by Crippen LogP contribution is 2.21. The van der Waals surface area contributed by atoms with E-state index in [1.54, 1.807) is 13.0 Å². The molecule has 1 saturated heterocycles. The first-order valence-corrected chi connectivity index (χ1v) is 6.31. The summed E-state index contributed by atoms with van der Waals surface area (Å²) in [5.41, 5.74) is 5.52. The molecule has 1 aromatic heterocycles. The summed E-state index contributed by atoms with van der Waals surface area (Å²) in [6.45, 7) is 3.62. The molecule has 1 unspecified atom stereocenters. The second kappa shape index (κ2) is 5.44. The fourth-order valence-electron chi connectivity index (χ4n) is 2.49. The van der Waals surface area contributed by atoms with Crippen LogP contribution in [0.2, 0.25) is 0 Å². The van der Waals surface area contributed by atoms with E-state index in [0.29, 0.717) is 24.6 Å². The average Bonchev–Trinajstić information content (AvgIpc) is 2.70. The Hall–Kier alpha value is -1.82. The van der Waals surface area contributed by atoms with Crippen LogP contribution in [0.3, 0.4) is 0 Å². The summed E-state index contributed by atoms with van der Waals surface area (Å²) in [4.78, 5) is 24.2. The number of aromatic carboxylic acids is 1. The highest BCUT2D eigenvalue weighted by atomic mass is 16.4. The van der Waals surface area contributed by atoms with Gasteiger partial charge in [-0.05, 0) is 32.4 Å². The molecule has 0 bridgehead atoms. The smallest absolute Gasteiger partial charge is 0.339 e. The van der Waals surface area contributed by atoms with Crippen molar-refractivity contribution in [3.63, 3.8) is 0 Å². The van der Waals surface area contributed by atoms with Crippen LogP contribution in [-0.2, 0) is 11.3 Å². The molecule has 1 amide bonds. The first-order valence-electron chi connectivity index (χ1n) is 6.31. The third-order valence-electron chi connectivity index (χ3n) is 3.49. The van der Waals surface area contributed by atoms with E-state index in [1.807, 2.05) is 0 Å². The van der Waals surface area contributed by atoms with Gasteiger partial charge >= 0.3 is 5.97 Å². The highest BCUT2D eigenvalue weighted by Gasteiger charge is 2.25. The van der Waals surface area contributed by atoms with Gasteiger partial charge in [-0.3, -0.25) is 9.69 Å². The molecule has 1 atom stereocenters. The molecule has 19 heavy (non-hydrogen) atoms. The van der Waals surface area contributed by atoms with E-state index in [0.717, 1.165) is 19.4 Å². The van der Waals surface area contributed by atoms with Gasteiger partial charge in [-0.15, -0.1) is 0 Å². The predicted molar refractivity (Wildman–Crippen MR) is 67.6 cm³/mol. The lowest BCUT2D eigenvalue weighted by Gasteiger charge is -2.30. The van der Waals surface area contributed by atoms with Crippen molar-refractivity contribution in [2.75, 3.05) is 13.1 Å². The summed E-state index contributed by atoms with van der Waals surface area (Å²) >= 11 is 0. The van der Waals surface area contributed by atoms with E-state index in [1.165, 1.54) is 0 Å². The minimum Gasteiger partial charge on any atom is -0.478 e. The zero-order valence-electron chi connectivity index (χ0n) is 10.9. The van der Waals surface area contributed by atoms with Crippen LogP contribution in [0, 0.1) is 12.8 Å². The molecule has 1 aliphatic heterocycles. The van der Waals surface area contributed by atoms with Crippen LogP contribution in [0.1, 0.15) is 34.7 Å². The number of primary amides is 1. The van der Waals surface area contributed by atoms with Gasteiger partial charge < -0.3 is 15.3 Å². The molecular formula is C13H18N2O4. The molecule has 104 valence electrons. The first-order chi connectivity index (χ1) is 8.97. The number of hydrogen-bond donors (Lipinski definition) is 2. The number of carbonyl (C=O) groups is 2. The van der Waals surface area contributed by atoms with Gasteiger partial charge in [0.15, 0.2) is 0 Å². The van der Waals surface area contributed by atoms with Crippen molar-refractivity contribution in [1.82, 2.24) is 4.90 Å². The topological polar surface area (TPSA) is 96.8 Å². The minimum absolute atomic E-state index is 0.122. The molecule has 6 nitrogen and oxygen atoms in total. The maximum atomic E-state index is 11.2. The Bertz CT molecular complexity index is 495. The molecule has 1 fully saturated rings. The molecule has 1 aromatic rings. The number of rotatable bonds is 4. The van der Waals surface area contributed by atoms with Gasteiger partial charge in [0.2, 0.25) is 5.91 Å². The summed E-state index contributed by atoms with van der Waals surface area (Å²) in [7, 11) is 0. The zero-order valence-corrected chi connectivity index (χ0v) is 10.9. The maximum Gasteiger partial charge on any atom is 0.339 e. The number of furan rings is 1. The first kappa shape index (κ1) is 13.6. The zero-order chi connectivity index (χ0) is 14.0. The third-order valence-corrected chi connectivity index (χ3v) is 3.49. The largest absolute Gasteiger partial charge is 0.478 e. The van der Waals surface area contributed by atoms with E-state index < -0.39 is 5.97 Å². The van der Waals surface area contributed by atoms with Crippen LogP contribution in [0.5, 0.6) is 0 Å². The van der Waals surface area contributed by atoms with Gasteiger partial charge in [0, 0.05) is 6.54 Å². The van der Waals surface area contributed by atoms with E-state index in [2.05, 4.69) is 4.90 Å². The van der Waals surface area contributed by atoms with Crippen molar-refractivity contribution in [2.24, 2.45) is 11.7 Å². The Kier molecular flexibility index (Phi) is 3.90. The fourth-order valence-corrected chi connectivity index (χ4v) is 2.49. The number of carbonyl (C=O) groups excluding carboxylic acids is 1. The van der Waals surface area contributed by atoms with E-state index in [4.69, 9.17) is 15.3 Å². The van der Waals surface area contributed by atoms with Gasteiger partial charge in [0.05, 0.1) is 12.5 Å². The van der Waals surface area contributed by atoms with Crippen LogP contribution >= 0.6 is 0 Å². The number of carboxylic acid groups (broad SMARTS) is 1.